The minimum atomic E-state index is -0.633. The van der Waals surface area contributed by atoms with Crippen LogP contribution in [0.1, 0.15) is 51.1 Å². The van der Waals surface area contributed by atoms with Crippen molar-refractivity contribution in [2.75, 3.05) is 13.1 Å². The molecule has 27 heavy (non-hydrogen) atoms. The summed E-state index contributed by atoms with van der Waals surface area (Å²) in [5, 5.41) is 21.5. The molecule has 0 saturated heterocycles. The van der Waals surface area contributed by atoms with Crippen molar-refractivity contribution in [2.45, 2.75) is 51.2 Å². The second-order valence-corrected chi connectivity index (χ2v) is 7.04. The number of rotatable bonds is 6. The molecule has 1 aliphatic carbocycles. The fraction of sp³-hybridized carbons (Fsp3) is 0.500. The van der Waals surface area contributed by atoms with Crippen LogP contribution < -0.4 is 10.6 Å². The van der Waals surface area contributed by atoms with Gasteiger partial charge in [0, 0.05) is 18.9 Å². The fourth-order valence-electron chi connectivity index (χ4n) is 3.38. The average molecular weight is 483 g/mol. The van der Waals surface area contributed by atoms with E-state index in [-0.39, 0.29) is 30.0 Å². The van der Waals surface area contributed by atoms with Gasteiger partial charge in [-0.2, -0.15) is 5.10 Å². The summed E-state index contributed by atoms with van der Waals surface area (Å²) >= 11 is 0. The molecule has 0 spiro atoms. The molecule has 3 N–H and O–H groups in total. The summed E-state index contributed by atoms with van der Waals surface area (Å²) in [6, 6.07) is 10.3. The predicted molar refractivity (Wildman–Crippen MR) is 120 cm³/mol. The molecule has 1 aromatic carbocycles. The molecule has 0 bridgehead atoms. The van der Waals surface area contributed by atoms with Crippen molar-refractivity contribution >= 4 is 29.9 Å². The Kier molecular flexibility index (Phi) is 8.09. The standard InChI is InChI=1S/C20H29N5O.HI/c1-3-21-19(22-15-20(26)10-4-5-11-20)24-16(2)17-8-6-9-18(14-17)25-13-7-12-23-25;/h6-9,12-14,16,26H,3-5,10-11,15H2,1-2H3,(H2,21,22,24);1H. The molecule has 0 aliphatic heterocycles. The molecule has 0 radical (unpaired) electrons. The van der Waals surface area contributed by atoms with Gasteiger partial charge >= 0.3 is 0 Å². The number of guanidine groups is 1. The Morgan fingerprint density at radius 3 is 2.78 bits per heavy atom. The average Bonchev–Trinajstić information content (AvgIpc) is 3.32. The molecular formula is C20H30IN5O. The Morgan fingerprint density at radius 1 is 1.33 bits per heavy atom. The lowest BCUT2D eigenvalue weighted by Crippen LogP contribution is -2.40. The molecule has 1 unspecified atom stereocenters. The van der Waals surface area contributed by atoms with E-state index in [2.05, 4.69) is 39.8 Å². The summed E-state index contributed by atoms with van der Waals surface area (Å²) in [5.74, 6) is 0.741. The monoisotopic (exact) mass is 483 g/mol. The van der Waals surface area contributed by atoms with Crippen molar-refractivity contribution < 1.29 is 5.11 Å². The lowest BCUT2D eigenvalue weighted by molar-refractivity contribution is 0.0574. The number of aliphatic imine (C=N–C) groups is 1. The Hall–Kier alpha value is -1.61. The van der Waals surface area contributed by atoms with E-state index >= 15 is 0 Å². The van der Waals surface area contributed by atoms with Gasteiger partial charge < -0.3 is 15.7 Å². The van der Waals surface area contributed by atoms with E-state index < -0.39 is 5.60 Å². The molecule has 1 atom stereocenters. The highest BCUT2D eigenvalue weighted by molar-refractivity contribution is 14.0. The number of nitrogens with one attached hydrogen (secondary N) is 2. The highest BCUT2D eigenvalue weighted by Crippen LogP contribution is 2.29. The van der Waals surface area contributed by atoms with Crippen molar-refractivity contribution in [3.63, 3.8) is 0 Å². The number of nitrogens with zero attached hydrogens (tertiary/aromatic N) is 3. The van der Waals surface area contributed by atoms with Crippen LogP contribution in [-0.4, -0.2) is 39.5 Å². The van der Waals surface area contributed by atoms with E-state index in [0.717, 1.165) is 49.4 Å². The van der Waals surface area contributed by atoms with Gasteiger partial charge in [-0.25, -0.2) is 4.68 Å². The molecule has 1 saturated carbocycles. The summed E-state index contributed by atoms with van der Waals surface area (Å²) in [7, 11) is 0. The first kappa shape index (κ1) is 21.7. The van der Waals surface area contributed by atoms with E-state index in [1.807, 2.05) is 36.0 Å². The van der Waals surface area contributed by atoms with E-state index in [4.69, 9.17) is 0 Å². The molecule has 7 heteroatoms. The van der Waals surface area contributed by atoms with Crippen molar-refractivity contribution in [3.8, 4) is 5.69 Å². The van der Waals surface area contributed by atoms with Gasteiger partial charge in [-0.1, -0.05) is 25.0 Å². The van der Waals surface area contributed by atoms with E-state index in [1.165, 1.54) is 0 Å². The smallest absolute Gasteiger partial charge is 0.191 e. The zero-order chi connectivity index (χ0) is 18.4. The zero-order valence-electron chi connectivity index (χ0n) is 16.1. The highest BCUT2D eigenvalue weighted by Gasteiger charge is 2.30. The first-order valence-electron chi connectivity index (χ1n) is 9.47. The van der Waals surface area contributed by atoms with Crippen molar-refractivity contribution in [2.24, 2.45) is 4.99 Å². The molecule has 1 fully saturated rings. The van der Waals surface area contributed by atoms with Crippen LogP contribution in [0.3, 0.4) is 0 Å². The topological polar surface area (TPSA) is 74.5 Å². The first-order chi connectivity index (χ1) is 12.6. The van der Waals surface area contributed by atoms with Gasteiger partial charge in [-0.3, -0.25) is 4.99 Å². The Labute approximate surface area is 178 Å². The van der Waals surface area contributed by atoms with Crippen molar-refractivity contribution in [1.29, 1.82) is 0 Å². The molecule has 0 amide bonds. The molecular weight excluding hydrogens is 453 g/mol. The second-order valence-electron chi connectivity index (χ2n) is 7.04. The third-order valence-electron chi connectivity index (χ3n) is 4.90. The summed E-state index contributed by atoms with van der Waals surface area (Å²) in [6.07, 6.45) is 7.58. The molecule has 2 aromatic rings. The number of aliphatic hydroxyl groups is 1. The SMILES string of the molecule is CCNC(=NCC1(O)CCCC1)NC(C)c1cccc(-n2cccn2)c1.I. The molecule has 1 heterocycles. The third-order valence-corrected chi connectivity index (χ3v) is 4.90. The summed E-state index contributed by atoms with van der Waals surface area (Å²) in [6.45, 7) is 5.39. The van der Waals surface area contributed by atoms with Crippen LogP contribution in [0.5, 0.6) is 0 Å². The molecule has 3 rings (SSSR count). The minimum absolute atomic E-state index is 0. The van der Waals surface area contributed by atoms with Crippen LogP contribution >= 0.6 is 24.0 Å². The largest absolute Gasteiger partial charge is 0.388 e. The maximum absolute atomic E-state index is 10.5. The quantitative estimate of drug-likeness (QED) is 0.335. The van der Waals surface area contributed by atoms with Crippen LogP contribution in [0.4, 0.5) is 0 Å². The van der Waals surface area contributed by atoms with E-state index in [0.29, 0.717) is 6.54 Å². The minimum Gasteiger partial charge on any atom is -0.388 e. The Balaban J connectivity index is 0.00000261. The molecule has 1 aliphatic rings. The summed E-state index contributed by atoms with van der Waals surface area (Å²) in [5.41, 5.74) is 1.55. The Bertz CT molecular complexity index is 726. The van der Waals surface area contributed by atoms with Crippen molar-refractivity contribution in [1.82, 2.24) is 20.4 Å². The van der Waals surface area contributed by atoms with Crippen molar-refractivity contribution in [3.05, 3.63) is 48.3 Å². The van der Waals surface area contributed by atoms with Gasteiger partial charge in [0.2, 0.25) is 0 Å². The van der Waals surface area contributed by atoms with Gasteiger partial charge in [0.25, 0.3) is 0 Å². The predicted octanol–water partition coefficient (Wildman–Crippen LogP) is 3.41. The van der Waals surface area contributed by atoms with Gasteiger partial charge in [-0.15, -0.1) is 24.0 Å². The number of hydrogen-bond donors (Lipinski definition) is 3. The first-order valence-corrected chi connectivity index (χ1v) is 9.47. The number of halogens is 1. The van der Waals surface area contributed by atoms with Gasteiger partial charge in [0.05, 0.1) is 23.9 Å². The number of benzene rings is 1. The number of hydrogen-bond acceptors (Lipinski definition) is 3. The maximum atomic E-state index is 10.5. The van der Waals surface area contributed by atoms with Crippen LogP contribution in [0.2, 0.25) is 0 Å². The maximum Gasteiger partial charge on any atom is 0.191 e. The van der Waals surface area contributed by atoms with Crippen LogP contribution in [0, 0.1) is 0 Å². The summed E-state index contributed by atoms with van der Waals surface area (Å²) in [4.78, 5) is 4.63. The van der Waals surface area contributed by atoms with Crippen LogP contribution in [-0.2, 0) is 0 Å². The Morgan fingerprint density at radius 2 is 2.11 bits per heavy atom. The van der Waals surface area contributed by atoms with Gasteiger partial charge in [-0.05, 0) is 50.5 Å². The fourth-order valence-corrected chi connectivity index (χ4v) is 3.38. The van der Waals surface area contributed by atoms with Crippen LogP contribution in [0.15, 0.2) is 47.7 Å². The van der Waals surface area contributed by atoms with E-state index in [9.17, 15) is 5.11 Å². The highest BCUT2D eigenvalue weighted by atomic mass is 127. The van der Waals surface area contributed by atoms with Gasteiger partial charge in [0.1, 0.15) is 0 Å². The zero-order valence-corrected chi connectivity index (χ0v) is 18.4. The third kappa shape index (κ3) is 5.93. The lowest BCUT2D eigenvalue weighted by atomic mass is 10.0. The number of aromatic nitrogens is 2. The second kappa shape index (κ2) is 10.1. The van der Waals surface area contributed by atoms with Crippen LogP contribution in [0.25, 0.3) is 5.69 Å². The summed E-state index contributed by atoms with van der Waals surface area (Å²) < 4.78 is 1.85. The molecule has 6 nitrogen and oxygen atoms in total. The molecule has 148 valence electrons. The van der Waals surface area contributed by atoms with E-state index in [1.54, 1.807) is 6.20 Å². The van der Waals surface area contributed by atoms with Gasteiger partial charge in [0.15, 0.2) is 5.96 Å². The molecule has 1 aromatic heterocycles. The lowest BCUT2D eigenvalue weighted by Gasteiger charge is -2.22. The normalized spacial score (nSPS) is 17.2.